The first-order valence-electron chi connectivity index (χ1n) is 12.3. The van der Waals surface area contributed by atoms with E-state index in [9.17, 15) is 14.4 Å². The maximum absolute atomic E-state index is 13.0. The SMILES string of the molecule is O=C1CCC(N2Cc3cc(CNC4c5ccccc5CC45CCNCC5)ccc3C2=O)C(=O)N1. The van der Waals surface area contributed by atoms with Crippen molar-refractivity contribution in [3.05, 3.63) is 70.3 Å². The van der Waals surface area contributed by atoms with Crippen molar-refractivity contribution in [2.24, 2.45) is 5.41 Å². The number of piperidine rings is 2. The third kappa shape index (κ3) is 3.54. The summed E-state index contributed by atoms with van der Waals surface area (Å²) in [5.74, 6) is -0.757. The molecule has 0 radical (unpaired) electrons. The van der Waals surface area contributed by atoms with E-state index >= 15 is 0 Å². The van der Waals surface area contributed by atoms with Crippen LogP contribution in [0.15, 0.2) is 42.5 Å². The lowest BCUT2D eigenvalue weighted by atomic mass is 9.73. The minimum atomic E-state index is -0.575. The maximum Gasteiger partial charge on any atom is 0.255 e. The van der Waals surface area contributed by atoms with Crippen molar-refractivity contribution >= 4 is 17.7 Å². The molecule has 6 rings (SSSR count). The Kier molecular flexibility index (Phi) is 5.26. The Morgan fingerprint density at radius 3 is 2.68 bits per heavy atom. The highest BCUT2D eigenvalue weighted by Crippen LogP contribution is 2.51. The second-order valence-electron chi connectivity index (χ2n) is 10.2. The van der Waals surface area contributed by atoms with Crippen LogP contribution in [0.5, 0.6) is 0 Å². The van der Waals surface area contributed by atoms with E-state index in [1.54, 1.807) is 4.90 Å². The van der Waals surface area contributed by atoms with E-state index < -0.39 is 6.04 Å². The summed E-state index contributed by atoms with van der Waals surface area (Å²) in [6.45, 7) is 3.26. The highest BCUT2D eigenvalue weighted by atomic mass is 16.2. The topological polar surface area (TPSA) is 90.5 Å². The molecule has 176 valence electrons. The van der Waals surface area contributed by atoms with E-state index in [2.05, 4.69) is 46.3 Å². The van der Waals surface area contributed by atoms with Gasteiger partial charge in [0.25, 0.3) is 5.91 Å². The summed E-state index contributed by atoms with van der Waals surface area (Å²) in [5, 5.41) is 9.76. The molecule has 3 heterocycles. The largest absolute Gasteiger partial charge is 0.322 e. The molecule has 2 saturated heterocycles. The van der Waals surface area contributed by atoms with Crippen LogP contribution >= 0.6 is 0 Å². The molecule has 1 aliphatic carbocycles. The Morgan fingerprint density at radius 1 is 1.03 bits per heavy atom. The number of rotatable bonds is 4. The van der Waals surface area contributed by atoms with E-state index in [-0.39, 0.29) is 29.6 Å². The zero-order valence-electron chi connectivity index (χ0n) is 19.2. The van der Waals surface area contributed by atoms with Crippen LogP contribution in [0.1, 0.15) is 64.3 Å². The summed E-state index contributed by atoms with van der Waals surface area (Å²) in [6, 6.07) is 14.6. The predicted octanol–water partition coefficient (Wildman–Crippen LogP) is 2.20. The van der Waals surface area contributed by atoms with Gasteiger partial charge in [0.15, 0.2) is 0 Å². The average Bonchev–Trinajstić information content (AvgIpc) is 3.32. The second-order valence-corrected chi connectivity index (χ2v) is 10.2. The molecule has 2 aromatic carbocycles. The molecule has 2 unspecified atom stereocenters. The molecule has 0 bridgehead atoms. The number of carbonyl (C=O) groups excluding carboxylic acids is 3. The van der Waals surface area contributed by atoms with Crippen LogP contribution in [0.3, 0.4) is 0 Å². The summed E-state index contributed by atoms with van der Waals surface area (Å²) in [7, 11) is 0. The minimum Gasteiger partial charge on any atom is -0.322 e. The molecular weight excluding hydrogens is 428 g/mol. The smallest absolute Gasteiger partial charge is 0.255 e. The molecule has 4 aliphatic rings. The van der Waals surface area contributed by atoms with Crippen LogP contribution in [-0.4, -0.2) is 41.8 Å². The van der Waals surface area contributed by atoms with E-state index in [0.717, 1.165) is 37.2 Å². The summed E-state index contributed by atoms with van der Waals surface area (Å²) < 4.78 is 0. The monoisotopic (exact) mass is 458 g/mol. The lowest BCUT2D eigenvalue weighted by Gasteiger charge is -2.40. The van der Waals surface area contributed by atoms with Crippen molar-refractivity contribution in [1.82, 2.24) is 20.9 Å². The van der Waals surface area contributed by atoms with Crippen LogP contribution in [0.2, 0.25) is 0 Å². The number of nitrogens with one attached hydrogen (secondary N) is 3. The molecule has 3 N–H and O–H groups in total. The Labute approximate surface area is 199 Å². The van der Waals surface area contributed by atoms with E-state index in [0.29, 0.717) is 24.6 Å². The van der Waals surface area contributed by atoms with Crippen molar-refractivity contribution in [3.63, 3.8) is 0 Å². The molecule has 2 aromatic rings. The van der Waals surface area contributed by atoms with Gasteiger partial charge in [-0.25, -0.2) is 0 Å². The Bertz CT molecular complexity index is 1170. The summed E-state index contributed by atoms with van der Waals surface area (Å²) in [5.41, 5.74) is 5.90. The standard InChI is InChI=1S/C27H30N4O3/c32-23-8-7-22(25(33)30-23)31-16-19-13-17(5-6-21(19)26(31)34)15-29-24-20-4-2-1-3-18(20)14-27(24)9-11-28-12-10-27/h1-6,13,22,24,28-29H,7-12,14-16H2,(H,30,32,33). The third-order valence-electron chi connectivity index (χ3n) is 8.22. The number of benzene rings is 2. The van der Waals surface area contributed by atoms with Gasteiger partial charge >= 0.3 is 0 Å². The van der Waals surface area contributed by atoms with Crippen LogP contribution in [-0.2, 0) is 29.1 Å². The molecule has 2 atom stereocenters. The van der Waals surface area contributed by atoms with Crippen LogP contribution in [0.4, 0.5) is 0 Å². The van der Waals surface area contributed by atoms with E-state index in [1.165, 1.54) is 24.0 Å². The number of carbonyl (C=O) groups is 3. The number of fused-ring (bicyclic) bond motifs is 2. The van der Waals surface area contributed by atoms with Gasteiger partial charge in [0, 0.05) is 31.1 Å². The molecule has 3 aliphatic heterocycles. The molecule has 2 fully saturated rings. The third-order valence-corrected chi connectivity index (χ3v) is 8.22. The molecule has 0 saturated carbocycles. The first-order chi connectivity index (χ1) is 16.5. The van der Waals surface area contributed by atoms with Crippen molar-refractivity contribution in [1.29, 1.82) is 0 Å². The fourth-order valence-corrected chi connectivity index (χ4v) is 6.46. The lowest BCUT2D eigenvalue weighted by Crippen LogP contribution is -2.52. The van der Waals surface area contributed by atoms with Crippen molar-refractivity contribution in [2.75, 3.05) is 13.1 Å². The fourth-order valence-electron chi connectivity index (χ4n) is 6.46. The Balaban J connectivity index is 1.20. The van der Waals surface area contributed by atoms with Gasteiger partial charge in [-0.3, -0.25) is 19.7 Å². The van der Waals surface area contributed by atoms with Crippen LogP contribution in [0.25, 0.3) is 0 Å². The predicted molar refractivity (Wildman–Crippen MR) is 127 cm³/mol. The van der Waals surface area contributed by atoms with E-state index in [4.69, 9.17) is 0 Å². The molecule has 1 spiro atoms. The van der Waals surface area contributed by atoms with Gasteiger partial charge in [0.2, 0.25) is 11.8 Å². The maximum atomic E-state index is 13.0. The second kappa shape index (κ2) is 8.32. The Morgan fingerprint density at radius 2 is 1.85 bits per heavy atom. The Hall–Kier alpha value is -3.03. The number of hydrogen-bond donors (Lipinski definition) is 3. The van der Waals surface area contributed by atoms with Crippen molar-refractivity contribution in [2.45, 2.75) is 57.3 Å². The zero-order valence-corrected chi connectivity index (χ0v) is 19.2. The highest BCUT2D eigenvalue weighted by Gasteiger charge is 2.46. The van der Waals surface area contributed by atoms with Crippen LogP contribution < -0.4 is 16.0 Å². The quantitative estimate of drug-likeness (QED) is 0.612. The van der Waals surface area contributed by atoms with Gasteiger partial charge < -0.3 is 15.5 Å². The van der Waals surface area contributed by atoms with Gasteiger partial charge in [-0.1, -0.05) is 36.4 Å². The number of amides is 3. The molecule has 0 aromatic heterocycles. The van der Waals surface area contributed by atoms with Crippen molar-refractivity contribution in [3.8, 4) is 0 Å². The fraction of sp³-hybridized carbons (Fsp3) is 0.444. The van der Waals surface area contributed by atoms with Crippen LogP contribution in [0, 0.1) is 5.41 Å². The van der Waals surface area contributed by atoms with E-state index in [1.807, 2.05) is 12.1 Å². The lowest BCUT2D eigenvalue weighted by molar-refractivity contribution is -0.136. The molecular formula is C27H30N4O3. The minimum absolute atomic E-state index is 0.123. The molecule has 7 heteroatoms. The highest BCUT2D eigenvalue weighted by molar-refractivity contribution is 6.05. The normalized spacial score (nSPS) is 25.4. The van der Waals surface area contributed by atoms with Crippen molar-refractivity contribution < 1.29 is 14.4 Å². The van der Waals surface area contributed by atoms with Gasteiger partial charge in [-0.05, 0) is 72.5 Å². The van der Waals surface area contributed by atoms with Gasteiger partial charge in [0.05, 0.1) is 0 Å². The first kappa shape index (κ1) is 21.5. The molecule has 3 amide bonds. The average molecular weight is 459 g/mol. The number of imide groups is 1. The summed E-state index contributed by atoms with van der Waals surface area (Å²) >= 11 is 0. The van der Waals surface area contributed by atoms with Gasteiger partial charge in [-0.15, -0.1) is 0 Å². The number of hydrogen-bond acceptors (Lipinski definition) is 5. The molecule has 34 heavy (non-hydrogen) atoms. The van der Waals surface area contributed by atoms with Gasteiger partial charge in [-0.2, -0.15) is 0 Å². The first-order valence-corrected chi connectivity index (χ1v) is 12.3. The summed E-state index contributed by atoms with van der Waals surface area (Å²) in [6.07, 6.45) is 4.11. The summed E-state index contributed by atoms with van der Waals surface area (Å²) in [4.78, 5) is 38.4. The van der Waals surface area contributed by atoms with Gasteiger partial charge in [0.1, 0.15) is 6.04 Å². The molecule has 7 nitrogen and oxygen atoms in total. The number of nitrogens with zero attached hydrogens (tertiary/aromatic N) is 1. The zero-order chi connectivity index (χ0) is 23.3.